The van der Waals surface area contributed by atoms with Gasteiger partial charge >= 0.3 is 0 Å². The lowest BCUT2D eigenvalue weighted by Crippen LogP contribution is -1.87. The molecule has 2 rings (SSSR count). The molecular formula is C10H12Cl2N2O. The van der Waals surface area contributed by atoms with E-state index in [0.29, 0.717) is 0 Å². The summed E-state index contributed by atoms with van der Waals surface area (Å²) in [7, 11) is 1.85. The third-order valence-electron chi connectivity index (χ3n) is 1.89. The Kier molecular flexibility index (Phi) is 5.19. The number of aromatic nitrogens is 2. The summed E-state index contributed by atoms with van der Waals surface area (Å²) in [6.07, 6.45) is 1.85. The summed E-state index contributed by atoms with van der Waals surface area (Å²) in [4.78, 5) is 0. The van der Waals surface area contributed by atoms with Crippen LogP contribution in [0.4, 0.5) is 0 Å². The van der Waals surface area contributed by atoms with Crippen LogP contribution in [0, 0.1) is 0 Å². The van der Waals surface area contributed by atoms with E-state index in [1.165, 1.54) is 0 Å². The number of aryl methyl sites for hydroxylation is 1. The first kappa shape index (κ1) is 13.8. The predicted octanol–water partition coefficient (Wildman–Crippen LogP) is 2.64. The Bertz CT molecular complexity index is 429. The first-order valence-electron chi connectivity index (χ1n) is 4.05. The Labute approximate surface area is 101 Å². The molecule has 15 heavy (non-hydrogen) atoms. The minimum atomic E-state index is 0. The molecule has 0 atom stereocenters. The third kappa shape index (κ3) is 2.88. The van der Waals surface area contributed by atoms with Gasteiger partial charge in [0.25, 0.3) is 0 Å². The van der Waals surface area contributed by atoms with Gasteiger partial charge in [0.2, 0.25) is 0 Å². The van der Waals surface area contributed by atoms with Crippen LogP contribution in [0.1, 0.15) is 0 Å². The summed E-state index contributed by atoms with van der Waals surface area (Å²) in [6.45, 7) is 0. The lowest BCUT2D eigenvalue weighted by Gasteiger charge is -1.98. The van der Waals surface area contributed by atoms with E-state index < -0.39 is 0 Å². The number of phenolic OH excluding ortho intramolecular Hbond substituents is 1. The molecule has 0 aliphatic heterocycles. The van der Waals surface area contributed by atoms with E-state index in [1.54, 1.807) is 16.8 Å². The van der Waals surface area contributed by atoms with Gasteiger partial charge in [-0.1, -0.05) is 12.1 Å². The third-order valence-corrected chi connectivity index (χ3v) is 1.89. The van der Waals surface area contributed by atoms with Crippen molar-refractivity contribution in [2.75, 3.05) is 0 Å². The monoisotopic (exact) mass is 246 g/mol. The maximum atomic E-state index is 9.52. The molecule has 0 amide bonds. The highest BCUT2D eigenvalue weighted by Crippen LogP contribution is 2.26. The molecule has 1 aromatic heterocycles. The highest BCUT2D eigenvalue weighted by Gasteiger charge is 2.04. The first-order valence-corrected chi connectivity index (χ1v) is 4.05. The minimum Gasteiger partial charge on any atom is -0.507 e. The van der Waals surface area contributed by atoms with Gasteiger partial charge in [-0.15, -0.1) is 24.8 Å². The van der Waals surface area contributed by atoms with Crippen LogP contribution in [-0.2, 0) is 7.05 Å². The fraction of sp³-hybridized carbons (Fsp3) is 0.100. The highest BCUT2D eigenvalue weighted by molar-refractivity contribution is 5.85. The second kappa shape index (κ2) is 5.63. The SMILES string of the molecule is Cl.Cl.Cn1ccc(-c2ccccc2O)n1. The Morgan fingerprint density at radius 1 is 1.13 bits per heavy atom. The number of hydrogen-bond acceptors (Lipinski definition) is 2. The quantitative estimate of drug-likeness (QED) is 0.841. The van der Waals surface area contributed by atoms with Crippen LogP contribution in [0.25, 0.3) is 11.3 Å². The van der Waals surface area contributed by atoms with Gasteiger partial charge in [-0.2, -0.15) is 5.10 Å². The van der Waals surface area contributed by atoms with Gasteiger partial charge in [-0.05, 0) is 18.2 Å². The van der Waals surface area contributed by atoms with Crippen LogP contribution in [0.15, 0.2) is 36.5 Å². The topological polar surface area (TPSA) is 38.0 Å². The van der Waals surface area contributed by atoms with E-state index in [0.717, 1.165) is 11.3 Å². The average Bonchev–Trinajstić information content (AvgIpc) is 2.53. The number of phenols is 1. The van der Waals surface area contributed by atoms with Gasteiger partial charge in [0.15, 0.2) is 0 Å². The molecule has 0 radical (unpaired) electrons. The Balaban J connectivity index is 0.000000980. The molecule has 0 bridgehead atoms. The number of para-hydroxylation sites is 1. The largest absolute Gasteiger partial charge is 0.507 e. The van der Waals surface area contributed by atoms with E-state index in [2.05, 4.69) is 5.10 Å². The van der Waals surface area contributed by atoms with E-state index >= 15 is 0 Å². The van der Waals surface area contributed by atoms with E-state index in [1.807, 2.05) is 31.4 Å². The molecule has 82 valence electrons. The fourth-order valence-corrected chi connectivity index (χ4v) is 1.25. The highest BCUT2D eigenvalue weighted by atomic mass is 35.5. The van der Waals surface area contributed by atoms with Crippen molar-refractivity contribution < 1.29 is 5.11 Å². The van der Waals surface area contributed by atoms with Gasteiger partial charge < -0.3 is 5.11 Å². The average molecular weight is 247 g/mol. The molecule has 1 heterocycles. The summed E-state index contributed by atoms with van der Waals surface area (Å²) in [5.41, 5.74) is 1.56. The van der Waals surface area contributed by atoms with E-state index in [9.17, 15) is 5.11 Å². The normalized spacial score (nSPS) is 8.87. The van der Waals surface area contributed by atoms with Crippen molar-refractivity contribution in [3.8, 4) is 17.0 Å². The lowest BCUT2D eigenvalue weighted by molar-refractivity contribution is 0.477. The molecule has 1 aromatic carbocycles. The summed E-state index contributed by atoms with van der Waals surface area (Å²) < 4.78 is 1.71. The minimum absolute atomic E-state index is 0. The maximum Gasteiger partial charge on any atom is 0.125 e. The van der Waals surface area contributed by atoms with Crippen LogP contribution in [0.2, 0.25) is 0 Å². The molecule has 0 aliphatic carbocycles. The van der Waals surface area contributed by atoms with Crippen molar-refractivity contribution >= 4 is 24.8 Å². The summed E-state index contributed by atoms with van der Waals surface area (Å²) in [5.74, 6) is 0.265. The number of rotatable bonds is 1. The van der Waals surface area contributed by atoms with Crippen LogP contribution >= 0.6 is 24.8 Å². The zero-order chi connectivity index (χ0) is 9.26. The van der Waals surface area contributed by atoms with Crippen molar-refractivity contribution in [1.82, 2.24) is 9.78 Å². The van der Waals surface area contributed by atoms with Gasteiger partial charge in [0.1, 0.15) is 5.75 Å². The summed E-state index contributed by atoms with van der Waals surface area (Å²) >= 11 is 0. The molecule has 0 aliphatic rings. The Morgan fingerprint density at radius 2 is 1.80 bits per heavy atom. The molecular weight excluding hydrogens is 235 g/mol. The van der Waals surface area contributed by atoms with Gasteiger partial charge in [0.05, 0.1) is 5.69 Å². The van der Waals surface area contributed by atoms with E-state index in [-0.39, 0.29) is 30.6 Å². The van der Waals surface area contributed by atoms with Crippen molar-refractivity contribution in [2.45, 2.75) is 0 Å². The van der Waals surface area contributed by atoms with Gasteiger partial charge in [0, 0.05) is 18.8 Å². The number of nitrogens with zero attached hydrogens (tertiary/aromatic N) is 2. The van der Waals surface area contributed by atoms with Gasteiger partial charge in [-0.3, -0.25) is 4.68 Å². The van der Waals surface area contributed by atoms with Crippen molar-refractivity contribution in [3.05, 3.63) is 36.5 Å². The second-order valence-electron chi connectivity index (χ2n) is 2.89. The van der Waals surface area contributed by atoms with Crippen LogP contribution < -0.4 is 0 Å². The second-order valence-corrected chi connectivity index (χ2v) is 2.89. The molecule has 0 fully saturated rings. The molecule has 5 heteroatoms. The lowest BCUT2D eigenvalue weighted by atomic mass is 10.1. The molecule has 0 unspecified atom stereocenters. The Hall–Kier alpha value is -1.19. The standard InChI is InChI=1S/C10H10N2O.2ClH/c1-12-7-6-9(11-12)8-4-2-3-5-10(8)13;;/h2-7,13H,1H3;2*1H. The van der Waals surface area contributed by atoms with Crippen LogP contribution in [0.5, 0.6) is 5.75 Å². The number of hydrogen-bond donors (Lipinski definition) is 1. The van der Waals surface area contributed by atoms with Crippen molar-refractivity contribution in [2.24, 2.45) is 7.05 Å². The molecule has 2 aromatic rings. The van der Waals surface area contributed by atoms with Crippen molar-refractivity contribution in [3.63, 3.8) is 0 Å². The molecule has 0 saturated heterocycles. The van der Waals surface area contributed by atoms with Crippen molar-refractivity contribution in [1.29, 1.82) is 0 Å². The number of halogens is 2. The number of benzene rings is 1. The molecule has 3 nitrogen and oxygen atoms in total. The van der Waals surface area contributed by atoms with Gasteiger partial charge in [-0.25, -0.2) is 0 Å². The van der Waals surface area contributed by atoms with Crippen LogP contribution in [-0.4, -0.2) is 14.9 Å². The number of aromatic hydroxyl groups is 1. The smallest absolute Gasteiger partial charge is 0.125 e. The maximum absolute atomic E-state index is 9.52. The predicted molar refractivity (Wildman–Crippen MR) is 64.8 cm³/mol. The molecule has 1 N–H and O–H groups in total. The summed E-state index contributed by atoms with van der Waals surface area (Å²) in [6, 6.07) is 9.04. The zero-order valence-corrected chi connectivity index (χ0v) is 9.76. The first-order chi connectivity index (χ1) is 6.27. The molecule has 0 spiro atoms. The Morgan fingerprint density at radius 3 is 2.33 bits per heavy atom. The van der Waals surface area contributed by atoms with E-state index in [4.69, 9.17) is 0 Å². The van der Waals surface area contributed by atoms with Crippen LogP contribution in [0.3, 0.4) is 0 Å². The summed E-state index contributed by atoms with van der Waals surface area (Å²) in [5, 5.41) is 13.7. The zero-order valence-electron chi connectivity index (χ0n) is 8.12. The fourth-order valence-electron chi connectivity index (χ4n) is 1.25. The molecule has 0 saturated carbocycles.